The highest BCUT2D eigenvalue weighted by Gasteiger charge is 2.11. The molecule has 0 spiro atoms. The van der Waals surface area contributed by atoms with E-state index in [9.17, 15) is 0 Å². The van der Waals surface area contributed by atoms with Gasteiger partial charge < -0.3 is 4.98 Å². The van der Waals surface area contributed by atoms with Crippen molar-refractivity contribution >= 4 is 21.8 Å². The SMILES string of the molecule is c1ccc2c(c1)[nH]c1c(-c3nn[nH]n3)cccc12. The van der Waals surface area contributed by atoms with E-state index in [1.54, 1.807) is 0 Å². The summed E-state index contributed by atoms with van der Waals surface area (Å²) in [6.07, 6.45) is 0. The summed E-state index contributed by atoms with van der Waals surface area (Å²) in [5.41, 5.74) is 3.11. The molecule has 0 aliphatic carbocycles. The molecule has 0 fully saturated rings. The third kappa shape index (κ3) is 1.18. The van der Waals surface area contributed by atoms with Gasteiger partial charge in [0.05, 0.1) is 5.52 Å². The van der Waals surface area contributed by atoms with Crippen molar-refractivity contribution in [1.82, 2.24) is 25.6 Å². The molecule has 0 amide bonds. The number of nitrogens with one attached hydrogen (secondary N) is 2. The van der Waals surface area contributed by atoms with Crippen molar-refractivity contribution in [3.63, 3.8) is 0 Å². The molecular formula is C13H9N5. The zero-order valence-electron chi connectivity index (χ0n) is 9.38. The summed E-state index contributed by atoms with van der Waals surface area (Å²) < 4.78 is 0. The lowest BCUT2D eigenvalue weighted by molar-refractivity contribution is 0.881. The molecule has 2 aromatic carbocycles. The summed E-state index contributed by atoms with van der Waals surface area (Å²) in [6, 6.07) is 14.3. The number of H-pyrrole nitrogens is 2. The van der Waals surface area contributed by atoms with Gasteiger partial charge in [0.15, 0.2) is 0 Å². The lowest BCUT2D eigenvalue weighted by atomic mass is 10.1. The first kappa shape index (κ1) is 9.35. The molecular weight excluding hydrogens is 226 g/mol. The van der Waals surface area contributed by atoms with Gasteiger partial charge in [-0.05, 0) is 17.3 Å². The molecule has 2 heterocycles. The Morgan fingerprint density at radius 2 is 1.78 bits per heavy atom. The molecule has 2 aromatic heterocycles. The van der Waals surface area contributed by atoms with Crippen LogP contribution >= 0.6 is 0 Å². The molecule has 0 saturated heterocycles. The van der Waals surface area contributed by atoms with E-state index in [0.29, 0.717) is 5.82 Å². The van der Waals surface area contributed by atoms with Crippen molar-refractivity contribution in [2.45, 2.75) is 0 Å². The lowest BCUT2D eigenvalue weighted by Gasteiger charge is -1.96. The monoisotopic (exact) mass is 235 g/mol. The van der Waals surface area contributed by atoms with Crippen molar-refractivity contribution in [2.24, 2.45) is 0 Å². The summed E-state index contributed by atoms with van der Waals surface area (Å²) >= 11 is 0. The molecule has 2 N–H and O–H groups in total. The van der Waals surface area contributed by atoms with Crippen molar-refractivity contribution in [3.05, 3.63) is 42.5 Å². The second kappa shape index (κ2) is 3.40. The number of rotatable bonds is 1. The zero-order chi connectivity index (χ0) is 11.9. The van der Waals surface area contributed by atoms with Gasteiger partial charge in [0.2, 0.25) is 5.82 Å². The van der Waals surface area contributed by atoms with Crippen LogP contribution in [0.3, 0.4) is 0 Å². The maximum absolute atomic E-state index is 4.04. The molecule has 0 saturated carbocycles. The van der Waals surface area contributed by atoms with Crippen molar-refractivity contribution in [3.8, 4) is 11.4 Å². The highest BCUT2D eigenvalue weighted by molar-refractivity contribution is 6.11. The molecule has 86 valence electrons. The Morgan fingerprint density at radius 1 is 0.889 bits per heavy atom. The highest BCUT2D eigenvalue weighted by atomic mass is 15.5. The quantitative estimate of drug-likeness (QED) is 0.532. The molecule has 4 aromatic rings. The number of tetrazole rings is 1. The Morgan fingerprint density at radius 3 is 2.67 bits per heavy atom. The summed E-state index contributed by atoms with van der Waals surface area (Å²) in [4.78, 5) is 3.41. The Balaban J connectivity index is 2.17. The van der Waals surface area contributed by atoms with E-state index in [-0.39, 0.29) is 0 Å². The van der Waals surface area contributed by atoms with E-state index in [0.717, 1.165) is 16.6 Å². The van der Waals surface area contributed by atoms with E-state index >= 15 is 0 Å². The van der Waals surface area contributed by atoms with Gasteiger partial charge >= 0.3 is 0 Å². The van der Waals surface area contributed by atoms with Gasteiger partial charge in [-0.1, -0.05) is 30.3 Å². The standard InChI is InChI=1S/C13H9N5/c1-2-7-11-8(4-1)9-5-3-6-10(12(9)14-11)13-15-17-18-16-13/h1-7,14H,(H,15,16,17,18). The molecule has 0 atom stereocenters. The third-order valence-electron chi connectivity index (χ3n) is 3.13. The molecule has 5 heteroatoms. The molecule has 0 unspecified atom stereocenters. The summed E-state index contributed by atoms with van der Waals surface area (Å²) in [6.45, 7) is 0. The summed E-state index contributed by atoms with van der Waals surface area (Å²) in [5, 5.41) is 16.6. The molecule has 18 heavy (non-hydrogen) atoms. The maximum Gasteiger partial charge on any atom is 0.206 e. The summed E-state index contributed by atoms with van der Waals surface area (Å²) in [7, 11) is 0. The van der Waals surface area contributed by atoms with Gasteiger partial charge in [-0.25, -0.2) is 0 Å². The van der Waals surface area contributed by atoms with Crippen molar-refractivity contribution < 1.29 is 0 Å². The number of fused-ring (bicyclic) bond motifs is 3. The van der Waals surface area contributed by atoms with E-state index in [4.69, 9.17) is 0 Å². The molecule has 0 radical (unpaired) electrons. The number of nitrogens with zero attached hydrogens (tertiary/aromatic N) is 3. The first-order valence-corrected chi connectivity index (χ1v) is 5.67. The van der Waals surface area contributed by atoms with Crippen LogP contribution in [0, 0.1) is 0 Å². The predicted molar refractivity (Wildman–Crippen MR) is 69.0 cm³/mol. The number of para-hydroxylation sites is 2. The van der Waals surface area contributed by atoms with Crippen LogP contribution in [0.15, 0.2) is 42.5 Å². The van der Waals surface area contributed by atoms with Crippen LogP contribution in [-0.2, 0) is 0 Å². The Labute approximate surface area is 102 Å². The van der Waals surface area contributed by atoms with E-state index in [1.165, 1.54) is 10.8 Å². The second-order valence-electron chi connectivity index (χ2n) is 4.13. The van der Waals surface area contributed by atoms with Gasteiger partial charge in [-0.3, -0.25) is 0 Å². The molecule has 5 nitrogen and oxygen atoms in total. The van der Waals surface area contributed by atoms with E-state index < -0.39 is 0 Å². The largest absolute Gasteiger partial charge is 0.354 e. The number of benzene rings is 2. The van der Waals surface area contributed by atoms with Crippen LogP contribution in [0.5, 0.6) is 0 Å². The van der Waals surface area contributed by atoms with Crippen LogP contribution in [-0.4, -0.2) is 25.6 Å². The smallest absolute Gasteiger partial charge is 0.206 e. The maximum atomic E-state index is 4.04. The highest BCUT2D eigenvalue weighted by Crippen LogP contribution is 2.30. The number of aromatic amines is 2. The fourth-order valence-electron chi connectivity index (χ4n) is 2.34. The van der Waals surface area contributed by atoms with Crippen LogP contribution in [0.2, 0.25) is 0 Å². The number of aromatic nitrogens is 5. The van der Waals surface area contributed by atoms with Crippen LogP contribution < -0.4 is 0 Å². The van der Waals surface area contributed by atoms with Gasteiger partial charge in [0, 0.05) is 21.9 Å². The number of hydrogen-bond donors (Lipinski definition) is 2. The summed E-state index contributed by atoms with van der Waals surface area (Å²) in [5.74, 6) is 0.604. The number of hydrogen-bond acceptors (Lipinski definition) is 3. The minimum atomic E-state index is 0.604. The predicted octanol–water partition coefficient (Wildman–Crippen LogP) is 2.50. The van der Waals surface area contributed by atoms with E-state index in [1.807, 2.05) is 24.3 Å². The Kier molecular flexibility index (Phi) is 1.77. The lowest BCUT2D eigenvalue weighted by Crippen LogP contribution is -1.82. The first-order chi connectivity index (χ1) is 8.93. The molecule has 0 bridgehead atoms. The van der Waals surface area contributed by atoms with Gasteiger partial charge in [0.1, 0.15) is 0 Å². The van der Waals surface area contributed by atoms with E-state index in [2.05, 4.69) is 43.8 Å². The third-order valence-corrected chi connectivity index (χ3v) is 3.13. The van der Waals surface area contributed by atoms with Gasteiger partial charge in [0.25, 0.3) is 0 Å². The topological polar surface area (TPSA) is 70.2 Å². The van der Waals surface area contributed by atoms with Crippen LogP contribution in [0.25, 0.3) is 33.2 Å². The zero-order valence-corrected chi connectivity index (χ0v) is 9.38. The fraction of sp³-hybridized carbons (Fsp3) is 0. The van der Waals surface area contributed by atoms with Crippen molar-refractivity contribution in [1.29, 1.82) is 0 Å². The molecule has 4 rings (SSSR count). The minimum absolute atomic E-state index is 0.604. The fourth-order valence-corrected chi connectivity index (χ4v) is 2.34. The van der Waals surface area contributed by atoms with Crippen LogP contribution in [0.1, 0.15) is 0 Å². The van der Waals surface area contributed by atoms with Crippen molar-refractivity contribution in [2.75, 3.05) is 0 Å². The van der Waals surface area contributed by atoms with Gasteiger partial charge in [-0.2, -0.15) is 5.21 Å². The molecule has 0 aliphatic heterocycles. The molecule has 0 aliphatic rings. The Bertz CT molecular complexity index is 829. The first-order valence-electron chi connectivity index (χ1n) is 5.67. The second-order valence-corrected chi connectivity index (χ2v) is 4.13. The van der Waals surface area contributed by atoms with Crippen LogP contribution in [0.4, 0.5) is 0 Å². The normalized spacial score (nSPS) is 11.3. The Hall–Kier alpha value is -2.69. The van der Waals surface area contributed by atoms with Gasteiger partial charge in [-0.15, -0.1) is 10.2 Å². The average molecular weight is 235 g/mol. The average Bonchev–Trinajstić information content (AvgIpc) is 3.05. The minimum Gasteiger partial charge on any atom is -0.354 e.